The molecule has 1 heterocycles. The van der Waals surface area contributed by atoms with Crippen LogP contribution in [0.25, 0.3) is 0 Å². The summed E-state index contributed by atoms with van der Waals surface area (Å²) in [7, 11) is 0. The first-order valence-corrected chi connectivity index (χ1v) is 10.0. The highest BCUT2D eigenvalue weighted by Gasteiger charge is 2.38. The van der Waals surface area contributed by atoms with E-state index in [2.05, 4.69) is 5.32 Å². The minimum Gasteiger partial charge on any atom is -0.328 e. The summed E-state index contributed by atoms with van der Waals surface area (Å²) in [5.41, 5.74) is 3.46. The molecule has 1 atom stereocenters. The molecule has 0 radical (unpaired) electrons. The van der Waals surface area contributed by atoms with E-state index in [9.17, 15) is 18.8 Å². The van der Waals surface area contributed by atoms with E-state index >= 15 is 0 Å². The van der Waals surface area contributed by atoms with Gasteiger partial charge in [-0.1, -0.05) is 36.8 Å². The Morgan fingerprint density at radius 3 is 2.40 bits per heavy atom. The standard InChI is InChI=1S/C23H26FN3O3/c1-4-20(21(28)25-19-10-5-15(2)13-16(19)3)27-12-11-26(22(29)23(27)30)14-17-6-8-18(24)9-7-17/h5-10,13,20H,4,11-12,14H2,1-3H3,(H,25,28). The second kappa shape index (κ2) is 9.07. The van der Waals surface area contributed by atoms with Gasteiger partial charge in [-0.05, 0) is 49.6 Å². The van der Waals surface area contributed by atoms with Crippen LogP contribution in [-0.2, 0) is 20.9 Å². The van der Waals surface area contributed by atoms with Crippen LogP contribution in [0.1, 0.15) is 30.0 Å². The minimum atomic E-state index is -0.727. The number of hydrogen-bond acceptors (Lipinski definition) is 3. The highest BCUT2D eigenvalue weighted by Crippen LogP contribution is 2.19. The second-order valence-electron chi connectivity index (χ2n) is 7.58. The lowest BCUT2D eigenvalue weighted by atomic mass is 10.1. The Hall–Kier alpha value is -3.22. The van der Waals surface area contributed by atoms with Crippen LogP contribution in [0.5, 0.6) is 0 Å². The third-order valence-electron chi connectivity index (χ3n) is 5.33. The van der Waals surface area contributed by atoms with Gasteiger partial charge in [0.05, 0.1) is 0 Å². The average molecular weight is 411 g/mol. The first kappa shape index (κ1) is 21.5. The Morgan fingerprint density at radius 1 is 1.07 bits per heavy atom. The zero-order valence-electron chi connectivity index (χ0n) is 17.4. The van der Waals surface area contributed by atoms with Crippen LogP contribution >= 0.6 is 0 Å². The number of piperazine rings is 1. The summed E-state index contributed by atoms with van der Waals surface area (Å²) < 4.78 is 13.1. The molecule has 0 aromatic heterocycles. The summed E-state index contributed by atoms with van der Waals surface area (Å²) in [4.78, 5) is 41.0. The van der Waals surface area contributed by atoms with Crippen molar-refractivity contribution in [2.24, 2.45) is 0 Å². The highest BCUT2D eigenvalue weighted by atomic mass is 19.1. The van der Waals surface area contributed by atoms with Gasteiger partial charge >= 0.3 is 11.8 Å². The fourth-order valence-corrected chi connectivity index (χ4v) is 3.67. The summed E-state index contributed by atoms with van der Waals surface area (Å²) in [6.07, 6.45) is 0.397. The van der Waals surface area contributed by atoms with Gasteiger partial charge in [0.1, 0.15) is 11.9 Å². The van der Waals surface area contributed by atoms with Gasteiger partial charge in [-0.15, -0.1) is 0 Å². The van der Waals surface area contributed by atoms with E-state index in [0.717, 1.165) is 16.7 Å². The molecule has 6 nitrogen and oxygen atoms in total. The largest absolute Gasteiger partial charge is 0.328 e. The smallest absolute Gasteiger partial charge is 0.312 e. The molecule has 1 unspecified atom stereocenters. The third-order valence-corrected chi connectivity index (χ3v) is 5.33. The summed E-state index contributed by atoms with van der Waals surface area (Å²) in [5.74, 6) is -2.00. The van der Waals surface area contributed by atoms with Crippen molar-refractivity contribution in [3.05, 3.63) is 65.0 Å². The lowest BCUT2D eigenvalue weighted by molar-refractivity contribution is -0.159. The summed E-state index contributed by atoms with van der Waals surface area (Å²) >= 11 is 0. The molecule has 1 N–H and O–H groups in total. The predicted octanol–water partition coefficient (Wildman–Crippen LogP) is 3.03. The first-order chi connectivity index (χ1) is 14.3. The molecule has 3 amide bonds. The SMILES string of the molecule is CCC(C(=O)Nc1ccc(C)cc1C)N1CCN(Cc2ccc(F)cc2)C(=O)C1=O. The van der Waals surface area contributed by atoms with Crippen LogP contribution in [-0.4, -0.2) is 46.7 Å². The van der Waals surface area contributed by atoms with E-state index in [4.69, 9.17) is 0 Å². The highest BCUT2D eigenvalue weighted by molar-refractivity contribution is 6.35. The van der Waals surface area contributed by atoms with E-state index in [1.54, 1.807) is 12.1 Å². The zero-order chi connectivity index (χ0) is 21.8. The lowest BCUT2D eigenvalue weighted by Gasteiger charge is -2.37. The number of anilines is 1. The molecule has 2 aromatic rings. The molecule has 2 aromatic carbocycles. The number of benzene rings is 2. The minimum absolute atomic E-state index is 0.226. The Morgan fingerprint density at radius 2 is 1.77 bits per heavy atom. The third kappa shape index (κ3) is 4.67. The zero-order valence-corrected chi connectivity index (χ0v) is 17.4. The van der Waals surface area contributed by atoms with Crippen molar-refractivity contribution in [3.63, 3.8) is 0 Å². The van der Waals surface area contributed by atoms with E-state index < -0.39 is 17.9 Å². The Kier molecular flexibility index (Phi) is 6.50. The van der Waals surface area contributed by atoms with Crippen molar-refractivity contribution in [3.8, 4) is 0 Å². The number of amides is 3. The van der Waals surface area contributed by atoms with Crippen LogP contribution < -0.4 is 5.32 Å². The van der Waals surface area contributed by atoms with E-state index in [1.807, 2.05) is 39.0 Å². The fourth-order valence-electron chi connectivity index (χ4n) is 3.67. The number of nitrogens with zero attached hydrogens (tertiary/aromatic N) is 2. The van der Waals surface area contributed by atoms with Gasteiger partial charge in [-0.2, -0.15) is 0 Å². The van der Waals surface area contributed by atoms with Crippen LogP contribution in [0.15, 0.2) is 42.5 Å². The molecular formula is C23H26FN3O3. The van der Waals surface area contributed by atoms with Crippen molar-refractivity contribution >= 4 is 23.4 Å². The van der Waals surface area contributed by atoms with Gasteiger partial charge in [0, 0.05) is 25.3 Å². The quantitative estimate of drug-likeness (QED) is 0.743. The number of halogens is 1. The van der Waals surface area contributed by atoms with Crippen molar-refractivity contribution in [2.45, 2.75) is 39.8 Å². The fraction of sp³-hybridized carbons (Fsp3) is 0.348. The van der Waals surface area contributed by atoms with Gasteiger partial charge in [-0.3, -0.25) is 14.4 Å². The molecule has 1 aliphatic heterocycles. The molecular weight excluding hydrogens is 385 g/mol. The van der Waals surface area contributed by atoms with Crippen molar-refractivity contribution < 1.29 is 18.8 Å². The van der Waals surface area contributed by atoms with Crippen LogP contribution in [0.2, 0.25) is 0 Å². The monoisotopic (exact) mass is 411 g/mol. The van der Waals surface area contributed by atoms with Crippen molar-refractivity contribution in [2.75, 3.05) is 18.4 Å². The number of hydrogen-bond donors (Lipinski definition) is 1. The van der Waals surface area contributed by atoms with Gasteiger partial charge in [-0.25, -0.2) is 4.39 Å². The molecule has 158 valence electrons. The first-order valence-electron chi connectivity index (χ1n) is 10.0. The maximum atomic E-state index is 13.1. The Bertz CT molecular complexity index is 959. The molecule has 7 heteroatoms. The number of aryl methyl sites for hydroxylation is 2. The molecule has 0 aliphatic carbocycles. The molecule has 1 aliphatic rings. The Balaban J connectivity index is 1.68. The second-order valence-corrected chi connectivity index (χ2v) is 7.58. The molecule has 1 fully saturated rings. The van der Waals surface area contributed by atoms with Crippen LogP contribution in [0.3, 0.4) is 0 Å². The van der Waals surface area contributed by atoms with Crippen molar-refractivity contribution in [1.82, 2.24) is 9.80 Å². The van der Waals surface area contributed by atoms with Gasteiger partial charge in [0.25, 0.3) is 0 Å². The topological polar surface area (TPSA) is 69.7 Å². The number of carbonyl (C=O) groups excluding carboxylic acids is 3. The van der Waals surface area contributed by atoms with Gasteiger partial charge in [0.2, 0.25) is 5.91 Å². The molecule has 0 spiro atoms. The number of carbonyl (C=O) groups is 3. The summed E-state index contributed by atoms with van der Waals surface area (Å²) in [6, 6.07) is 10.8. The Labute approximate surface area is 175 Å². The maximum Gasteiger partial charge on any atom is 0.312 e. The van der Waals surface area contributed by atoms with E-state index in [0.29, 0.717) is 18.7 Å². The van der Waals surface area contributed by atoms with Gasteiger partial charge < -0.3 is 15.1 Å². The van der Waals surface area contributed by atoms with Gasteiger partial charge in [0.15, 0.2) is 0 Å². The normalized spacial score (nSPS) is 15.3. The average Bonchev–Trinajstić information content (AvgIpc) is 2.71. The molecule has 1 saturated heterocycles. The number of nitrogens with one attached hydrogen (secondary N) is 1. The molecule has 3 rings (SSSR count). The van der Waals surface area contributed by atoms with E-state index in [1.165, 1.54) is 21.9 Å². The molecule has 30 heavy (non-hydrogen) atoms. The lowest BCUT2D eigenvalue weighted by Crippen LogP contribution is -2.59. The summed E-state index contributed by atoms with van der Waals surface area (Å²) in [5, 5.41) is 2.88. The molecule has 0 saturated carbocycles. The van der Waals surface area contributed by atoms with Crippen LogP contribution in [0, 0.1) is 19.7 Å². The maximum absolute atomic E-state index is 13.1. The number of rotatable bonds is 6. The van der Waals surface area contributed by atoms with Crippen LogP contribution in [0.4, 0.5) is 10.1 Å². The van der Waals surface area contributed by atoms with E-state index in [-0.39, 0.29) is 24.8 Å². The summed E-state index contributed by atoms with van der Waals surface area (Å²) in [6.45, 7) is 6.51. The predicted molar refractivity (Wildman–Crippen MR) is 112 cm³/mol. The molecule has 0 bridgehead atoms. The van der Waals surface area contributed by atoms with Crippen molar-refractivity contribution in [1.29, 1.82) is 0 Å².